The molecular weight excluding hydrogens is 416 g/mol. The molecule has 0 saturated carbocycles. The minimum Gasteiger partial charge on any atom is -0.480 e. The quantitative estimate of drug-likeness (QED) is 0.162. The maximum atomic E-state index is 10.1. The Kier molecular flexibility index (Phi) is 26.5. The Morgan fingerprint density at radius 2 is 1.28 bits per heavy atom. The lowest BCUT2D eigenvalue weighted by molar-refractivity contribution is -0.141. The number of nitrogens with two attached hydrogens (primary N) is 4. The van der Waals surface area contributed by atoms with Gasteiger partial charge in [0.2, 0.25) is 0 Å². The van der Waals surface area contributed by atoms with E-state index in [0.29, 0.717) is 6.42 Å². The van der Waals surface area contributed by atoms with Gasteiger partial charge in [-0.05, 0) is 25.4 Å². The van der Waals surface area contributed by atoms with E-state index >= 15 is 0 Å². The standard InChI is InChI=1S/C5H11NO2S.C4H9NO3.C3H7NO3.C2H5NO2/c1-9-3-2-4(6)5(7)8;1-2(6)3(5)4(7)8;4-2(1-5)3(6)7;3-1-2(4)5/h4H,2-3,6H2,1H3,(H,7,8);2-3,6H,5H2,1H3,(H,7,8);2,5H,1,4H2,(H,6,7);1,3H2,(H,4,5). The summed E-state index contributed by atoms with van der Waals surface area (Å²) in [5.74, 6) is -3.43. The van der Waals surface area contributed by atoms with Gasteiger partial charge in [0.15, 0.2) is 0 Å². The van der Waals surface area contributed by atoms with Gasteiger partial charge in [0.25, 0.3) is 0 Å². The third-order valence-electron chi connectivity index (χ3n) is 2.44. The zero-order chi connectivity index (χ0) is 24.2. The van der Waals surface area contributed by atoms with Gasteiger partial charge in [-0.1, -0.05) is 0 Å². The first kappa shape index (κ1) is 34.5. The summed E-state index contributed by atoms with van der Waals surface area (Å²) in [6.45, 7) is 0.550. The fourth-order valence-corrected chi connectivity index (χ4v) is 1.14. The third kappa shape index (κ3) is 30.9. The fraction of sp³-hybridized carbons (Fsp3) is 0.714. The Morgan fingerprint density at radius 1 is 0.897 bits per heavy atom. The molecule has 29 heavy (non-hydrogen) atoms. The molecule has 0 spiro atoms. The van der Waals surface area contributed by atoms with Gasteiger partial charge < -0.3 is 53.6 Å². The molecule has 0 bridgehead atoms. The molecule has 174 valence electrons. The molecule has 0 aromatic rings. The summed E-state index contributed by atoms with van der Waals surface area (Å²) in [6, 6.07) is -2.97. The molecule has 14 nitrogen and oxygen atoms in total. The van der Waals surface area contributed by atoms with Crippen molar-refractivity contribution in [2.75, 3.05) is 25.2 Å². The van der Waals surface area contributed by atoms with Crippen LogP contribution in [0.3, 0.4) is 0 Å². The Morgan fingerprint density at radius 3 is 1.38 bits per heavy atom. The SMILES string of the molecule is CC(O)C(N)C(=O)O.CSCCC(N)C(=O)O.NC(CO)C(=O)O.NCC(=O)O. The van der Waals surface area contributed by atoms with E-state index in [1.54, 1.807) is 11.8 Å². The van der Waals surface area contributed by atoms with Crippen molar-refractivity contribution in [3.05, 3.63) is 0 Å². The molecule has 0 radical (unpaired) electrons. The lowest BCUT2D eigenvalue weighted by Gasteiger charge is -2.06. The normalized spacial score (nSPS) is 13.4. The minimum atomic E-state index is -1.18. The monoisotopic (exact) mass is 448 g/mol. The van der Waals surface area contributed by atoms with Crippen LogP contribution in [0.4, 0.5) is 0 Å². The Bertz CT molecular complexity index is 468. The van der Waals surface area contributed by atoms with E-state index in [0.717, 1.165) is 5.75 Å². The van der Waals surface area contributed by atoms with Gasteiger partial charge in [-0.25, -0.2) is 0 Å². The molecule has 14 N–H and O–H groups in total. The fourth-order valence-electron chi connectivity index (χ4n) is 0.653. The average molecular weight is 448 g/mol. The maximum absolute atomic E-state index is 10.1. The van der Waals surface area contributed by atoms with Gasteiger partial charge in [-0.2, -0.15) is 11.8 Å². The van der Waals surface area contributed by atoms with Crippen LogP contribution < -0.4 is 22.9 Å². The summed E-state index contributed by atoms with van der Waals surface area (Å²) in [7, 11) is 0. The Balaban J connectivity index is -0.000000147. The number of aliphatic hydroxyl groups is 2. The maximum Gasteiger partial charge on any atom is 0.323 e. The molecule has 4 unspecified atom stereocenters. The molecule has 0 fully saturated rings. The van der Waals surface area contributed by atoms with E-state index in [1.165, 1.54) is 6.92 Å². The first-order chi connectivity index (χ1) is 13.2. The summed E-state index contributed by atoms with van der Waals surface area (Å²) >= 11 is 1.60. The predicted molar refractivity (Wildman–Crippen MR) is 105 cm³/mol. The van der Waals surface area contributed by atoms with Crippen molar-refractivity contribution >= 4 is 35.6 Å². The Hall–Kier alpha value is -2.01. The van der Waals surface area contributed by atoms with Crippen LogP contribution in [0.15, 0.2) is 0 Å². The van der Waals surface area contributed by atoms with Crippen LogP contribution in [0.1, 0.15) is 13.3 Å². The number of carboxylic acids is 4. The van der Waals surface area contributed by atoms with Gasteiger partial charge in [0.1, 0.15) is 18.1 Å². The topological polar surface area (TPSA) is 294 Å². The second-order valence-electron chi connectivity index (χ2n) is 5.06. The van der Waals surface area contributed by atoms with Crippen LogP contribution in [0.5, 0.6) is 0 Å². The molecular formula is C14H32N4O10S. The smallest absolute Gasteiger partial charge is 0.323 e. The summed E-state index contributed by atoms with van der Waals surface area (Å²) in [6.07, 6.45) is 1.50. The highest BCUT2D eigenvalue weighted by atomic mass is 32.2. The van der Waals surface area contributed by atoms with Gasteiger partial charge >= 0.3 is 23.9 Å². The third-order valence-corrected chi connectivity index (χ3v) is 3.09. The molecule has 15 heteroatoms. The van der Waals surface area contributed by atoms with Crippen molar-refractivity contribution in [2.24, 2.45) is 22.9 Å². The van der Waals surface area contributed by atoms with Crippen molar-refractivity contribution in [3.63, 3.8) is 0 Å². The minimum absolute atomic E-state index is 0.278. The molecule has 0 aromatic heterocycles. The number of rotatable bonds is 9. The molecule has 0 amide bonds. The van der Waals surface area contributed by atoms with Crippen LogP contribution in [0.25, 0.3) is 0 Å². The lowest BCUT2D eigenvalue weighted by Crippen LogP contribution is -2.39. The van der Waals surface area contributed by atoms with Gasteiger partial charge in [-0.3, -0.25) is 19.2 Å². The van der Waals surface area contributed by atoms with Crippen LogP contribution in [-0.2, 0) is 19.2 Å². The molecule has 0 aliphatic carbocycles. The van der Waals surface area contributed by atoms with Crippen molar-refractivity contribution in [1.82, 2.24) is 0 Å². The number of thioether (sulfide) groups is 1. The van der Waals surface area contributed by atoms with Crippen molar-refractivity contribution in [3.8, 4) is 0 Å². The van der Waals surface area contributed by atoms with Crippen LogP contribution in [0, 0.1) is 0 Å². The van der Waals surface area contributed by atoms with Crippen molar-refractivity contribution in [1.29, 1.82) is 0 Å². The first-order valence-electron chi connectivity index (χ1n) is 7.84. The predicted octanol–water partition coefficient (Wildman–Crippen LogP) is -3.65. The molecule has 0 aliphatic heterocycles. The highest BCUT2D eigenvalue weighted by Crippen LogP contribution is 1.97. The number of carbonyl (C=O) groups is 4. The van der Waals surface area contributed by atoms with Gasteiger partial charge in [0, 0.05) is 0 Å². The summed E-state index contributed by atoms with van der Waals surface area (Å²) in [4.78, 5) is 38.8. The number of hydrogen-bond acceptors (Lipinski definition) is 11. The second-order valence-corrected chi connectivity index (χ2v) is 6.04. The Labute approximate surface area is 171 Å². The molecule has 4 atom stereocenters. The molecule has 0 aromatic carbocycles. The van der Waals surface area contributed by atoms with Crippen molar-refractivity contribution < 1.29 is 49.8 Å². The first-order valence-corrected chi connectivity index (χ1v) is 9.23. The van der Waals surface area contributed by atoms with E-state index in [4.69, 9.17) is 47.8 Å². The number of hydrogen-bond donors (Lipinski definition) is 10. The van der Waals surface area contributed by atoms with E-state index in [2.05, 4.69) is 5.73 Å². The highest BCUT2D eigenvalue weighted by molar-refractivity contribution is 7.98. The lowest BCUT2D eigenvalue weighted by atomic mass is 10.2. The molecule has 0 aliphatic rings. The molecule has 0 heterocycles. The van der Waals surface area contributed by atoms with E-state index in [9.17, 15) is 19.2 Å². The summed E-state index contributed by atoms with van der Waals surface area (Å²) in [5.41, 5.74) is 19.4. The number of aliphatic carboxylic acids is 4. The van der Waals surface area contributed by atoms with Gasteiger partial charge in [0.05, 0.1) is 19.3 Å². The largest absolute Gasteiger partial charge is 0.480 e. The van der Waals surface area contributed by atoms with Crippen LogP contribution in [-0.4, -0.2) is 104 Å². The zero-order valence-electron chi connectivity index (χ0n) is 16.2. The van der Waals surface area contributed by atoms with Crippen LogP contribution in [0.2, 0.25) is 0 Å². The van der Waals surface area contributed by atoms with Crippen molar-refractivity contribution in [2.45, 2.75) is 37.6 Å². The summed E-state index contributed by atoms with van der Waals surface area (Å²) < 4.78 is 0. The number of aliphatic hydroxyl groups excluding tert-OH is 2. The number of carboxylic acid groups (broad SMARTS) is 4. The summed E-state index contributed by atoms with van der Waals surface area (Å²) in [5, 5.41) is 48.3. The van der Waals surface area contributed by atoms with E-state index in [-0.39, 0.29) is 6.54 Å². The van der Waals surface area contributed by atoms with Crippen LogP contribution >= 0.6 is 11.8 Å². The molecule has 0 saturated heterocycles. The zero-order valence-corrected chi connectivity index (χ0v) is 17.0. The molecule has 0 rings (SSSR count). The second kappa shape index (κ2) is 22.3. The average Bonchev–Trinajstić information content (AvgIpc) is 2.65. The highest BCUT2D eigenvalue weighted by Gasteiger charge is 2.16. The van der Waals surface area contributed by atoms with E-state index in [1.807, 2.05) is 6.26 Å². The van der Waals surface area contributed by atoms with E-state index < -0.39 is 54.7 Å². The van der Waals surface area contributed by atoms with Gasteiger partial charge in [-0.15, -0.1) is 0 Å².